The smallest absolute Gasteiger partial charge is 0.234 e. The Hall–Kier alpha value is -5.81. The van der Waals surface area contributed by atoms with Crippen LogP contribution in [0.3, 0.4) is 0 Å². The number of nitrogens with one attached hydrogen (secondary N) is 3. The van der Waals surface area contributed by atoms with Crippen LogP contribution in [0.4, 0.5) is 37.6 Å². The summed E-state index contributed by atoms with van der Waals surface area (Å²) in [6.07, 6.45) is 9.81. The molecule has 6 heterocycles. The third kappa shape index (κ3) is 10.1. The lowest BCUT2D eigenvalue weighted by molar-refractivity contribution is -0.134. The van der Waals surface area contributed by atoms with Gasteiger partial charge in [-0.25, -0.2) is 13.8 Å². The molecule has 0 bridgehead atoms. The molecule has 15 nitrogen and oxygen atoms in total. The number of piperidine rings is 2. The van der Waals surface area contributed by atoms with Crippen molar-refractivity contribution < 1.29 is 27.7 Å². The van der Waals surface area contributed by atoms with E-state index in [1.807, 2.05) is 43.7 Å². The number of hydrogen-bond acceptors (Lipinski definition) is 13. The van der Waals surface area contributed by atoms with Crippen molar-refractivity contribution in [1.82, 2.24) is 39.8 Å². The molecular weight excluding hydrogens is 943 g/mol. The fraction of sp³-hybridized carbons (Fsp3) is 0.375. The Morgan fingerprint density at radius 3 is 2.34 bits per heavy atom. The number of aryl methyl sites for hydroxylation is 1. The number of aromatic nitrogens is 5. The number of benzene rings is 3. The number of carbonyl (C=O) groups is 2. The maximum atomic E-state index is 15.2. The van der Waals surface area contributed by atoms with Gasteiger partial charge < -0.3 is 29.7 Å². The van der Waals surface area contributed by atoms with Gasteiger partial charge >= 0.3 is 0 Å². The normalized spacial score (nSPS) is 17.8. The van der Waals surface area contributed by atoms with Crippen LogP contribution in [0.5, 0.6) is 5.75 Å². The SMILES string of the molecule is COc1cc(N2CCC(N3CCN(CCc4cc(F)c([C@H]5CCC(=O)NC5=O)c(F)c4)CC3)CC2)c(-c2cnn(C)c2)cc1Nc1ncc(Br)c(Nc2cnc3ccccc3c2P(C)(C)=O)n1. The van der Waals surface area contributed by atoms with E-state index in [9.17, 15) is 14.2 Å². The standard InChI is InChI=1S/C48H53BrF2N11O4P/c1-59-28-30(25-54-59)34-23-39(56-48-53-26-35(49)46(58-48)55-40-27-52-38-8-6-5-7-32(38)45(40)67(3,4)65)42(66-2)24-41(34)62-15-12-31(13-16-62)61-19-17-60(18-20-61)14-11-29-21-36(50)44(37(51)22-29)33-9-10-43(63)57-47(33)64/h5-8,21-28,31,33H,9-20H2,1-4H3,(H,57,63,64)(H2,53,55,56,58)/t33-/m1/s1. The lowest BCUT2D eigenvalue weighted by atomic mass is 9.89. The Morgan fingerprint density at radius 2 is 1.66 bits per heavy atom. The Kier molecular flexibility index (Phi) is 13.4. The van der Waals surface area contributed by atoms with E-state index in [0.717, 1.165) is 79.8 Å². The first-order valence-electron chi connectivity index (χ1n) is 22.5. The van der Waals surface area contributed by atoms with Crippen molar-refractivity contribution in [1.29, 1.82) is 0 Å². The van der Waals surface area contributed by atoms with E-state index in [0.29, 0.717) is 63.2 Å². The van der Waals surface area contributed by atoms with Gasteiger partial charge in [0.1, 0.15) is 30.3 Å². The number of fused-ring (bicyclic) bond motifs is 1. The summed E-state index contributed by atoms with van der Waals surface area (Å²) in [6, 6.07) is 14.9. The lowest BCUT2D eigenvalue weighted by Crippen LogP contribution is -2.53. The van der Waals surface area contributed by atoms with Crippen LogP contribution in [0.1, 0.15) is 42.7 Å². The molecule has 3 fully saturated rings. The van der Waals surface area contributed by atoms with E-state index < -0.39 is 36.5 Å². The van der Waals surface area contributed by atoms with Crippen molar-refractivity contribution in [2.24, 2.45) is 7.05 Å². The average molecular weight is 997 g/mol. The molecule has 350 valence electrons. The molecule has 0 aliphatic carbocycles. The summed E-state index contributed by atoms with van der Waals surface area (Å²) in [5.41, 5.74) is 5.30. The first kappa shape index (κ1) is 46.3. The number of para-hydroxylation sites is 1. The number of pyridine rings is 1. The van der Waals surface area contributed by atoms with Crippen LogP contribution >= 0.6 is 23.1 Å². The Morgan fingerprint density at radius 1 is 0.910 bits per heavy atom. The number of amides is 2. The molecule has 0 unspecified atom stereocenters. The van der Waals surface area contributed by atoms with Crippen LogP contribution in [0.2, 0.25) is 0 Å². The molecule has 0 radical (unpaired) electrons. The summed E-state index contributed by atoms with van der Waals surface area (Å²) in [5.74, 6) is -2.14. The Bertz CT molecular complexity index is 2870. The first-order chi connectivity index (χ1) is 32.2. The summed E-state index contributed by atoms with van der Waals surface area (Å²) in [6.45, 7) is 9.40. The minimum absolute atomic E-state index is 0.0578. The van der Waals surface area contributed by atoms with Crippen LogP contribution in [-0.2, 0) is 27.6 Å². The maximum absolute atomic E-state index is 15.2. The largest absolute Gasteiger partial charge is 0.494 e. The van der Waals surface area contributed by atoms with Crippen LogP contribution in [0.25, 0.3) is 22.0 Å². The van der Waals surface area contributed by atoms with Crippen molar-refractivity contribution in [3.8, 4) is 16.9 Å². The van der Waals surface area contributed by atoms with Gasteiger partial charge in [-0.2, -0.15) is 10.1 Å². The predicted molar refractivity (Wildman–Crippen MR) is 261 cm³/mol. The monoisotopic (exact) mass is 995 g/mol. The number of rotatable bonds is 13. The number of hydrogen-bond donors (Lipinski definition) is 3. The van der Waals surface area contributed by atoms with Crippen molar-refractivity contribution in [2.45, 2.75) is 44.1 Å². The summed E-state index contributed by atoms with van der Waals surface area (Å²) in [5, 5.41) is 15.0. The molecule has 9 rings (SSSR count). The molecule has 3 aliphatic heterocycles. The van der Waals surface area contributed by atoms with E-state index in [1.165, 1.54) is 12.1 Å². The molecule has 1 atom stereocenters. The number of ether oxygens (including phenoxy) is 1. The number of halogens is 3. The average Bonchev–Trinajstić information content (AvgIpc) is 3.75. The first-order valence-corrected chi connectivity index (χ1v) is 25.9. The zero-order valence-corrected chi connectivity index (χ0v) is 40.3. The van der Waals surface area contributed by atoms with Gasteiger partial charge in [-0.1, -0.05) is 18.2 Å². The predicted octanol–water partition coefficient (Wildman–Crippen LogP) is 7.56. The third-order valence-electron chi connectivity index (χ3n) is 13.0. The maximum Gasteiger partial charge on any atom is 0.234 e. The highest BCUT2D eigenvalue weighted by Crippen LogP contribution is 2.43. The summed E-state index contributed by atoms with van der Waals surface area (Å²) in [7, 11) is 0.792. The van der Waals surface area contributed by atoms with Crippen molar-refractivity contribution in [3.63, 3.8) is 0 Å². The fourth-order valence-electron chi connectivity index (χ4n) is 9.64. The molecule has 67 heavy (non-hydrogen) atoms. The van der Waals surface area contributed by atoms with Gasteiger partial charge in [0.05, 0.1) is 46.8 Å². The van der Waals surface area contributed by atoms with Crippen LogP contribution in [0.15, 0.2) is 77.8 Å². The highest BCUT2D eigenvalue weighted by molar-refractivity contribution is 9.10. The zero-order chi connectivity index (χ0) is 47.0. The second-order valence-electron chi connectivity index (χ2n) is 17.8. The second kappa shape index (κ2) is 19.4. The van der Waals surface area contributed by atoms with Gasteiger partial charge in [0.15, 0.2) is 0 Å². The molecule has 2 amide bonds. The quantitative estimate of drug-likeness (QED) is 0.0769. The number of methoxy groups -OCH3 is 1. The minimum Gasteiger partial charge on any atom is -0.494 e. The van der Waals surface area contributed by atoms with Crippen LogP contribution in [0, 0.1) is 11.6 Å². The van der Waals surface area contributed by atoms with Crippen LogP contribution in [-0.4, -0.2) is 119 Å². The summed E-state index contributed by atoms with van der Waals surface area (Å²) in [4.78, 5) is 45.2. The van der Waals surface area contributed by atoms with E-state index >= 15 is 8.78 Å². The number of imide groups is 1. The van der Waals surface area contributed by atoms with E-state index in [4.69, 9.17) is 9.72 Å². The van der Waals surface area contributed by atoms with Crippen molar-refractivity contribution >= 4 is 79.9 Å². The van der Waals surface area contributed by atoms with Gasteiger partial charge in [-0.3, -0.25) is 29.5 Å². The molecule has 3 N–H and O–H groups in total. The third-order valence-corrected chi connectivity index (χ3v) is 15.2. The van der Waals surface area contributed by atoms with Crippen LogP contribution < -0.4 is 30.9 Å². The molecule has 3 saturated heterocycles. The Labute approximate surface area is 396 Å². The number of nitrogens with zero attached hydrogens (tertiary/aromatic N) is 8. The van der Waals surface area contributed by atoms with Gasteiger partial charge in [0.25, 0.3) is 0 Å². The van der Waals surface area contributed by atoms with Gasteiger partial charge in [-0.05, 0) is 84.8 Å². The number of piperazine rings is 1. The second-order valence-corrected chi connectivity index (χ2v) is 21.8. The van der Waals surface area contributed by atoms with E-state index in [2.05, 4.69) is 73.8 Å². The van der Waals surface area contributed by atoms with E-state index in [-0.39, 0.29) is 18.4 Å². The molecule has 3 aromatic carbocycles. The molecular formula is C48H53BrF2N11O4P. The van der Waals surface area contributed by atoms with Gasteiger partial charge in [-0.15, -0.1) is 0 Å². The highest BCUT2D eigenvalue weighted by atomic mass is 79.9. The van der Waals surface area contributed by atoms with Crippen molar-refractivity contribution in [3.05, 3.63) is 101 Å². The summed E-state index contributed by atoms with van der Waals surface area (Å²) >= 11 is 3.60. The Balaban J connectivity index is 0.854. The molecule has 6 aromatic rings. The van der Waals surface area contributed by atoms with Gasteiger partial charge in [0, 0.05) is 117 Å². The van der Waals surface area contributed by atoms with E-state index in [1.54, 1.807) is 37.5 Å². The minimum atomic E-state index is -2.75. The summed E-state index contributed by atoms with van der Waals surface area (Å²) < 4.78 is 52.4. The molecule has 0 spiro atoms. The lowest BCUT2D eigenvalue weighted by Gasteiger charge is -2.43. The molecule has 19 heteroatoms. The highest BCUT2D eigenvalue weighted by Gasteiger charge is 2.33. The molecule has 3 aliphatic rings. The van der Waals surface area contributed by atoms with Gasteiger partial charge in [0.2, 0.25) is 17.8 Å². The fourth-order valence-corrected chi connectivity index (χ4v) is 11.4. The number of carbonyl (C=O) groups excluding carboxylic acids is 2. The van der Waals surface area contributed by atoms with Crippen molar-refractivity contribution in [2.75, 3.05) is 81.8 Å². The molecule has 0 saturated carbocycles. The molecule has 3 aromatic heterocycles. The number of anilines is 5. The topological polar surface area (TPSA) is 163 Å². The zero-order valence-electron chi connectivity index (χ0n) is 37.9.